The summed E-state index contributed by atoms with van der Waals surface area (Å²) in [6.07, 6.45) is -5.14. The Balaban J connectivity index is 2.19. The summed E-state index contributed by atoms with van der Waals surface area (Å²) in [4.78, 5) is 10.1. The van der Waals surface area contributed by atoms with Crippen LogP contribution in [0.15, 0.2) is 18.2 Å². The van der Waals surface area contributed by atoms with Crippen LogP contribution in [-0.4, -0.2) is 29.8 Å². The topological polar surface area (TPSA) is 88.2 Å². The average molecular weight is 315 g/mol. The van der Waals surface area contributed by atoms with Gasteiger partial charge in [-0.2, -0.15) is 18.4 Å². The summed E-state index contributed by atoms with van der Waals surface area (Å²) in [6, 6.07) is 3.81. The number of piperidine rings is 1. The van der Waals surface area contributed by atoms with Crippen molar-refractivity contribution in [2.24, 2.45) is 0 Å². The van der Waals surface area contributed by atoms with Crippen LogP contribution in [0.4, 0.5) is 18.9 Å². The van der Waals surface area contributed by atoms with E-state index in [4.69, 9.17) is 10.00 Å². The van der Waals surface area contributed by atoms with Crippen molar-refractivity contribution in [1.82, 2.24) is 5.32 Å². The molecule has 22 heavy (non-hydrogen) atoms. The Morgan fingerprint density at radius 3 is 2.77 bits per heavy atom. The minimum absolute atomic E-state index is 0.0653. The minimum atomic E-state index is -4.39. The molecule has 1 N–H and O–H groups in total. The summed E-state index contributed by atoms with van der Waals surface area (Å²) in [7, 11) is 0. The smallest absolute Gasteiger partial charge is 0.403 e. The summed E-state index contributed by atoms with van der Waals surface area (Å²) < 4.78 is 43.6. The third-order valence-electron chi connectivity index (χ3n) is 3.36. The van der Waals surface area contributed by atoms with E-state index in [0.29, 0.717) is 6.42 Å². The van der Waals surface area contributed by atoms with E-state index in [2.05, 4.69) is 5.32 Å². The molecular weight excluding hydrogens is 303 g/mol. The summed E-state index contributed by atoms with van der Waals surface area (Å²) >= 11 is 0. The number of nitro benzene ring substituents is 1. The largest absolute Gasteiger partial charge is 0.489 e. The number of nitrogens with one attached hydrogen (secondary N) is 1. The van der Waals surface area contributed by atoms with Gasteiger partial charge in [0.25, 0.3) is 5.69 Å². The molecule has 9 heteroatoms. The van der Waals surface area contributed by atoms with Crippen LogP contribution in [0.3, 0.4) is 0 Å². The first-order valence-corrected chi connectivity index (χ1v) is 6.47. The Morgan fingerprint density at radius 1 is 1.45 bits per heavy atom. The van der Waals surface area contributed by atoms with E-state index in [0.717, 1.165) is 6.07 Å². The molecule has 0 spiro atoms. The lowest BCUT2D eigenvalue weighted by Crippen LogP contribution is -2.50. The van der Waals surface area contributed by atoms with Crippen LogP contribution in [0.5, 0.6) is 5.75 Å². The highest BCUT2D eigenvalue weighted by atomic mass is 19.4. The van der Waals surface area contributed by atoms with Gasteiger partial charge in [-0.1, -0.05) is 6.07 Å². The Kier molecular flexibility index (Phi) is 4.51. The highest BCUT2D eigenvalue weighted by Crippen LogP contribution is 2.32. The molecule has 1 aliphatic rings. The Morgan fingerprint density at radius 2 is 2.18 bits per heavy atom. The molecule has 2 atom stereocenters. The third-order valence-corrected chi connectivity index (χ3v) is 3.36. The van der Waals surface area contributed by atoms with E-state index >= 15 is 0 Å². The molecule has 0 aliphatic carbocycles. The lowest BCUT2D eigenvalue weighted by atomic mass is 10.0. The molecule has 1 heterocycles. The molecule has 1 aromatic carbocycles. The second-order valence-electron chi connectivity index (χ2n) is 4.83. The monoisotopic (exact) mass is 315 g/mol. The number of hydrogen-bond donors (Lipinski definition) is 1. The fourth-order valence-corrected chi connectivity index (χ4v) is 2.30. The average Bonchev–Trinajstić information content (AvgIpc) is 2.46. The van der Waals surface area contributed by atoms with Gasteiger partial charge in [-0.05, 0) is 19.0 Å². The zero-order chi connectivity index (χ0) is 16.3. The number of nitriles is 1. The third kappa shape index (κ3) is 3.46. The van der Waals surface area contributed by atoms with Gasteiger partial charge in [-0.15, -0.1) is 0 Å². The molecule has 0 amide bonds. The van der Waals surface area contributed by atoms with Crippen molar-refractivity contribution in [3.05, 3.63) is 33.9 Å². The molecule has 1 aliphatic heterocycles. The number of nitrogens with zero attached hydrogens (tertiary/aromatic N) is 2. The molecule has 1 aromatic rings. The van der Waals surface area contributed by atoms with Crippen molar-refractivity contribution in [1.29, 1.82) is 5.26 Å². The van der Waals surface area contributed by atoms with Crippen molar-refractivity contribution in [2.45, 2.75) is 31.2 Å². The number of halogens is 3. The van der Waals surface area contributed by atoms with Crippen molar-refractivity contribution < 1.29 is 22.8 Å². The van der Waals surface area contributed by atoms with Gasteiger partial charge >= 0.3 is 6.18 Å². The number of benzene rings is 1. The second-order valence-corrected chi connectivity index (χ2v) is 4.83. The zero-order valence-corrected chi connectivity index (χ0v) is 11.3. The number of ether oxygens (including phenoxy) is 1. The quantitative estimate of drug-likeness (QED) is 0.684. The first-order valence-electron chi connectivity index (χ1n) is 6.47. The fourth-order valence-electron chi connectivity index (χ4n) is 2.30. The Labute approximate surface area is 123 Å². The molecule has 118 valence electrons. The maximum absolute atomic E-state index is 12.7. The maximum atomic E-state index is 12.7. The van der Waals surface area contributed by atoms with Crippen molar-refractivity contribution >= 4 is 5.69 Å². The number of nitro groups is 1. The van der Waals surface area contributed by atoms with E-state index in [1.54, 1.807) is 6.07 Å². The van der Waals surface area contributed by atoms with Gasteiger partial charge in [-0.3, -0.25) is 10.1 Å². The van der Waals surface area contributed by atoms with Gasteiger partial charge < -0.3 is 10.1 Å². The van der Waals surface area contributed by atoms with Crippen LogP contribution < -0.4 is 10.1 Å². The van der Waals surface area contributed by atoms with Gasteiger partial charge in [0, 0.05) is 12.5 Å². The van der Waals surface area contributed by atoms with Gasteiger partial charge in [0.05, 0.1) is 4.92 Å². The van der Waals surface area contributed by atoms with Gasteiger partial charge in [0.1, 0.15) is 24.0 Å². The van der Waals surface area contributed by atoms with E-state index < -0.39 is 28.9 Å². The Bertz CT molecular complexity index is 613. The predicted octanol–water partition coefficient (Wildman–Crippen LogP) is 2.53. The molecule has 0 bridgehead atoms. The van der Waals surface area contributed by atoms with Gasteiger partial charge in [0.2, 0.25) is 0 Å². The second kappa shape index (κ2) is 6.19. The van der Waals surface area contributed by atoms with Crippen LogP contribution in [0.2, 0.25) is 0 Å². The lowest BCUT2D eigenvalue weighted by molar-refractivity contribution is -0.385. The molecular formula is C13H12F3N3O3. The van der Waals surface area contributed by atoms with Gasteiger partial charge in [0.15, 0.2) is 5.56 Å². The van der Waals surface area contributed by atoms with E-state index in [1.165, 1.54) is 12.1 Å². The van der Waals surface area contributed by atoms with Crippen LogP contribution in [0.1, 0.15) is 18.4 Å². The molecule has 0 aromatic heterocycles. The fraction of sp³-hybridized carbons (Fsp3) is 0.462. The van der Waals surface area contributed by atoms with Crippen LogP contribution >= 0.6 is 0 Å². The molecule has 0 saturated carbocycles. The predicted molar refractivity (Wildman–Crippen MR) is 69.3 cm³/mol. The summed E-state index contributed by atoms with van der Waals surface area (Å²) in [5, 5.41) is 22.2. The molecule has 2 rings (SSSR count). The highest BCUT2D eigenvalue weighted by Gasteiger charge is 2.43. The lowest BCUT2D eigenvalue weighted by Gasteiger charge is -2.31. The van der Waals surface area contributed by atoms with Crippen molar-refractivity contribution in [3.8, 4) is 11.8 Å². The molecule has 1 saturated heterocycles. The molecule has 1 fully saturated rings. The zero-order valence-electron chi connectivity index (χ0n) is 11.3. The summed E-state index contributed by atoms with van der Waals surface area (Å²) in [5.74, 6) is -0.0653. The Hall–Kier alpha value is -2.34. The highest BCUT2D eigenvalue weighted by molar-refractivity contribution is 5.56. The van der Waals surface area contributed by atoms with E-state index in [-0.39, 0.29) is 24.3 Å². The summed E-state index contributed by atoms with van der Waals surface area (Å²) in [6.45, 7) is 0.117. The molecule has 0 unspecified atom stereocenters. The molecule has 6 nitrogen and oxygen atoms in total. The number of hydrogen-bond acceptors (Lipinski definition) is 5. The SMILES string of the molecule is N#Cc1c(O[C@H]2CCN[C@@H](C(F)(F)F)C2)cccc1[N+](=O)[O-]. The molecule has 0 radical (unpaired) electrons. The standard InChI is InChI=1S/C13H12F3N3O3/c14-13(15,16)12-6-8(4-5-18-12)22-11-3-1-2-10(19(20)21)9(11)7-17/h1-3,8,12,18H,4-6H2/t8-,12+/m0/s1. The van der Waals surface area contributed by atoms with E-state index in [1.807, 2.05) is 0 Å². The van der Waals surface area contributed by atoms with Crippen LogP contribution in [0.25, 0.3) is 0 Å². The normalized spacial score (nSPS) is 21.9. The number of rotatable bonds is 3. The summed E-state index contributed by atoms with van der Waals surface area (Å²) in [5.41, 5.74) is -0.712. The maximum Gasteiger partial charge on any atom is 0.403 e. The van der Waals surface area contributed by atoms with Gasteiger partial charge in [-0.25, -0.2) is 0 Å². The first-order chi connectivity index (χ1) is 10.3. The van der Waals surface area contributed by atoms with Crippen molar-refractivity contribution in [2.75, 3.05) is 6.54 Å². The minimum Gasteiger partial charge on any atom is -0.489 e. The van der Waals surface area contributed by atoms with E-state index in [9.17, 15) is 23.3 Å². The van der Waals surface area contributed by atoms with Crippen LogP contribution in [-0.2, 0) is 0 Å². The number of alkyl halides is 3. The van der Waals surface area contributed by atoms with Crippen LogP contribution in [0, 0.1) is 21.4 Å². The first kappa shape index (κ1) is 16.0. The van der Waals surface area contributed by atoms with Crippen molar-refractivity contribution in [3.63, 3.8) is 0 Å².